The molecule has 1 unspecified atom stereocenters. The van der Waals surface area contributed by atoms with Crippen LogP contribution in [0.4, 0.5) is 5.69 Å². The third-order valence-electron chi connectivity index (χ3n) is 5.15. The molecule has 0 amide bonds. The monoisotopic (exact) mass is 410 g/mol. The minimum Gasteiger partial charge on any atom is -0.423 e. The van der Waals surface area contributed by atoms with Gasteiger partial charge in [0.05, 0.1) is 10.6 Å². The SMILES string of the molecule is CCCC1(C(=O)c2ccc(N([Si](C)(C)C)[Si](C)(C)C)c(Cl)c2)CCCN1. The predicted octanol–water partition coefficient (Wildman–Crippen LogP) is 5.92. The molecular weight excluding hydrogens is 376 g/mol. The Morgan fingerprint density at radius 2 is 1.81 bits per heavy atom. The summed E-state index contributed by atoms with van der Waals surface area (Å²) in [6, 6.07) is 5.98. The molecule has 6 heteroatoms. The molecular formula is C20H35ClN2OSi2. The van der Waals surface area contributed by atoms with Crippen LogP contribution in [0.5, 0.6) is 0 Å². The number of anilines is 1. The molecule has 1 aromatic carbocycles. The summed E-state index contributed by atoms with van der Waals surface area (Å²) >= 11 is 6.74. The summed E-state index contributed by atoms with van der Waals surface area (Å²) in [5.74, 6) is 0.206. The van der Waals surface area contributed by atoms with Crippen molar-refractivity contribution in [2.45, 2.75) is 77.4 Å². The first-order valence-corrected chi connectivity index (χ1v) is 17.1. The second kappa shape index (κ2) is 7.78. The number of hydrogen-bond donors (Lipinski definition) is 1. The fourth-order valence-electron chi connectivity index (χ4n) is 4.59. The number of benzene rings is 1. The number of carbonyl (C=O) groups excluding carboxylic acids is 1. The highest BCUT2D eigenvalue weighted by Crippen LogP contribution is 2.36. The average molecular weight is 411 g/mol. The lowest BCUT2D eigenvalue weighted by molar-refractivity contribution is 0.0857. The molecule has 1 saturated heterocycles. The zero-order valence-electron chi connectivity index (χ0n) is 17.5. The quantitative estimate of drug-likeness (QED) is 0.447. The second-order valence-corrected chi connectivity index (χ2v) is 20.0. The van der Waals surface area contributed by atoms with E-state index in [0.29, 0.717) is 5.02 Å². The van der Waals surface area contributed by atoms with Crippen LogP contribution in [0.25, 0.3) is 0 Å². The van der Waals surface area contributed by atoms with E-state index >= 15 is 0 Å². The van der Waals surface area contributed by atoms with Gasteiger partial charge in [-0.15, -0.1) is 0 Å². The van der Waals surface area contributed by atoms with E-state index in [2.05, 4.69) is 61.8 Å². The van der Waals surface area contributed by atoms with Gasteiger partial charge in [0.15, 0.2) is 5.78 Å². The number of hydrogen-bond acceptors (Lipinski definition) is 3. The number of nitrogens with one attached hydrogen (secondary N) is 1. The Balaban J connectivity index is 2.42. The standard InChI is InChI=1S/C20H35ClN2OSi2/c1-8-12-20(13-9-14-22-20)19(24)16-10-11-18(17(21)15-16)23(25(2,3)4)26(5,6)7/h10-11,15,22H,8-9,12-14H2,1-7H3. The van der Waals surface area contributed by atoms with Gasteiger partial charge in [-0.3, -0.25) is 4.79 Å². The van der Waals surface area contributed by atoms with E-state index in [1.807, 2.05) is 12.1 Å². The summed E-state index contributed by atoms with van der Waals surface area (Å²) in [6.07, 6.45) is 3.89. The largest absolute Gasteiger partial charge is 0.423 e. The van der Waals surface area contributed by atoms with Crippen molar-refractivity contribution >= 4 is 39.5 Å². The second-order valence-electron chi connectivity index (χ2n) is 9.53. The molecule has 1 N–H and O–H groups in total. The van der Waals surface area contributed by atoms with E-state index in [1.54, 1.807) is 0 Å². The third kappa shape index (κ3) is 4.43. The van der Waals surface area contributed by atoms with Crippen LogP contribution in [0.3, 0.4) is 0 Å². The summed E-state index contributed by atoms with van der Waals surface area (Å²) in [6.45, 7) is 17.2. The normalized spacial score (nSPS) is 21.1. The molecule has 0 saturated carbocycles. The van der Waals surface area contributed by atoms with Crippen LogP contribution < -0.4 is 9.55 Å². The van der Waals surface area contributed by atoms with Crippen molar-refractivity contribution in [3.63, 3.8) is 0 Å². The van der Waals surface area contributed by atoms with E-state index in [9.17, 15) is 4.79 Å². The minimum absolute atomic E-state index is 0.206. The van der Waals surface area contributed by atoms with E-state index < -0.39 is 22.0 Å². The fourth-order valence-corrected chi connectivity index (χ4v) is 14.9. The molecule has 1 aliphatic heterocycles. The summed E-state index contributed by atoms with van der Waals surface area (Å²) in [4.78, 5) is 13.3. The molecule has 1 fully saturated rings. The smallest absolute Gasteiger partial charge is 0.182 e. The number of Topliss-reactive ketones (excluding diaryl/α,β-unsaturated/α-hetero) is 1. The van der Waals surface area contributed by atoms with Gasteiger partial charge in [-0.2, -0.15) is 0 Å². The van der Waals surface area contributed by atoms with Crippen LogP contribution in [-0.2, 0) is 0 Å². The molecule has 2 rings (SSSR count). The molecule has 0 spiro atoms. The van der Waals surface area contributed by atoms with E-state index in [1.165, 1.54) is 0 Å². The molecule has 3 nitrogen and oxygen atoms in total. The summed E-state index contributed by atoms with van der Waals surface area (Å²) in [5, 5.41) is 4.20. The lowest BCUT2D eigenvalue weighted by atomic mass is 9.84. The first kappa shape index (κ1) is 21.7. The number of halogens is 1. The highest BCUT2D eigenvalue weighted by atomic mass is 35.5. The fraction of sp³-hybridized carbons (Fsp3) is 0.650. The Labute approximate surface area is 166 Å². The molecule has 1 aliphatic rings. The molecule has 1 atom stereocenters. The summed E-state index contributed by atoms with van der Waals surface area (Å²) in [7, 11) is -3.16. The molecule has 1 heterocycles. The summed E-state index contributed by atoms with van der Waals surface area (Å²) < 4.78 is 2.60. The maximum absolute atomic E-state index is 13.3. The summed E-state index contributed by atoms with van der Waals surface area (Å²) in [5.41, 5.74) is 1.45. The Hall–Kier alpha value is -0.626. The van der Waals surface area contributed by atoms with Crippen LogP contribution in [0.15, 0.2) is 18.2 Å². The van der Waals surface area contributed by atoms with Crippen LogP contribution >= 0.6 is 11.6 Å². The third-order valence-corrected chi connectivity index (χ3v) is 12.6. The lowest BCUT2D eigenvalue weighted by Crippen LogP contribution is -2.59. The molecule has 0 bridgehead atoms. The first-order valence-electron chi connectivity index (χ1n) is 9.82. The van der Waals surface area contributed by atoms with Gasteiger partial charge >= 0.3 is 0 Å². The van der Waals surface area contributed by atoms with Gasteiger partial charge in [-0.25, -0.2) is 0 Å². The molecule has 146 valence electrons. The van der Waals surface area contributed by atoms with Crippen LogP contribution in [-0.4, -0.2) is 34.3 Å². The van der Waals surface area contributed by atoms with Crippen molar-refractivity contribution in [2.24, 2.45) is 0 Å². The van der Waals surface area contributed by atoms with Crippen molar-refractivity contribution in [3.8, 4) is 0 Å². The Bertz CT molecular complexity index is 645. The van der Waals surface area contributed by atoms with Gasteiger partial charge in [0.25, 0.3) is 0 Å². The van der Waals surface area contributed by atoms with Crippen molar-refractivity contribution in [2.75, 3.05) is 10.8 Å². The molecule has 1 aromatic rings. The molecule has 26 heavy (non-hydrogen) atoms. The average Bonchev–Trinajstić information content (AvgIpc) is 2.96. The van der Waals surface area contributed by atoms with Gasteiger partial charge in [0.1, 0.15) is 16.5 Å². The van der Waals surface area contributed by atoms with Gasteiger partial charge in [0.2, 0.25) is 0 Å². The Morgan fingerprint density at radius 3 is 2.23 bits per heavy atom. The highest BCUT2D eigenvalue weighted by Gasteiger charge is 2.41. The van der Waals surface area contributed by atoms with Crippen LogP contribution in [0, 0.1) is 0 Å². The van der Waals surface area contributed by atoms with Gasteiger partial charge in [-0.05, 0) is 44.0 Å². The highest BCUT2D eigenvalue weighted by molar-refractivity contribution is 6.99. The predicted molar refractivity (Wildman–Crippen MR) is 120 cm³/mol. The number of rotatable bonds is 7. The van der Waals surface area contributed by atoms with E-state index in [4.69, 9.17) is 11.6 Å². The van der Waals surface area contributed by atoms with Crippen molar-refractivity contribution < 1.29 is 4.79 Å². The van der Waals surface area contributed by atoms with Crippen LogP contribution in [0.1, 0.15) is 43.0 Å². The van der Waals surface area contributed by atoms with Gasteiger partial charge < -0.3 is 9.55 Å². The van der Waals surface area contributed by atoms with E-state index in [-0.39, 0.29) is 5.78 Å². The maximum atomic E-state index is 13.3. The maximum Gasteiger partial charge on any atom is 0.182 e. The Morgan fingerprint density at radius 1 is 1.19 bits per heavy atom. The number of nitrogens with zero attached hydrogens (tertiary/aromatic N) is 1. The molecule has 0 aromatic heterocycles. The van der Waals surface area contributed by atoms with Gasteiger partial charge in [0, 0.05) is 11.3 Å². The molecule has 0 aliphatic carbocycles. The first-order chi connectivity index (χ1) is 11.9. The van der Waals surface area contributed by atoms with Crippen molar-refractivity contribution in [1.29, 1.82) is 0 Å². The van der Waals surface area contributed by atoms with Crippen molar-refractivity contribution in [3.05, 3.63) is 28.8 Å². The zero-order valence-corrected chi connectivity index (χ0v) is 20.3. The number of carbonyl (C=O) groups is 1. The van der Waals surface area contributed by atoms with Crippen molar-refractivity contribution in [1.82, 2.24) is 5.32 Å². The minimum atomic E-state index is -1.58. The molecule has 0 radical (unpaired) electrons. The number of ketones is 1. The Kier molecular flexibility index (Phi) is 6.48. The van der Waals surface area contributed by atoms with E-state index in [0.717, 1.165) is 43.5 Å². The van der Waals surface area contributed by atoms with Gasteiger partial charge in [-0.1, -0.05) is 64.2 Å². The van der Waals surface area contributed by atoms with Crippen LogP contribution in [0.2, 0.25) is 44.3 Å². The zero-order chi connectivity index (χ0) is 19.8. The topological polar surface area (TPSA) is 32.3 Å². The lowest BCUT2D eigenvalue weighted by Gasteiger charge is -2.46.